The number of amides is 2. The van der Waals surface area contributed by atoms with Gasteiger partial charge in [-0.15, -0.1) is 0 Å². The molecule has 6 heteroatoms. The standard InChI is InChI=1S/C25H33N3O3/c1-19(2)13-16-31-23-8-6-7-22(17-23)26-18-24(29)27-21-11-9-20(10-12-21)25(30)28-14-4-3-5-15-28/h6-12,17,19,26H,3-5,13-16,18H2,1-2H3,(H,27,29). The van der Waals surface area contributed by atoms with E-state index in [1.54, 1.807) is 24.3 Å². The Balaban J connectivity index is 1.46. The van der Waals surface area contributed by atoms with Gasteiger partial charge in [0.2, 0.25) is 5.91 Å². The van der Waals surface area contributed by atoms with Gasteiger partial charge < -0.3 is 20.3 Å². The van der Waals surface area contributed by atoms with E-state index in [1.807, 2.05) is 29.2 Å². The number of nitrogens with one attached hydrogen (secondary N) is 2. The summed E-state index contributed by atoms with van der Waals surface area (Å²) in [6, 6.07) is 14.7. The highest BCUT2D eigenvalue weighted by molar-refractivity contribution is 5.96. The number of carbonyl (C=O) groups is 2. The van der Waals surface area contributed by atoms with E-state index in [9.17, 15) is 9.59 Å². The van der Waals surface area contributed by atoms with E-state index in [1.165, 1.54) is 6.42 Å². The Morgan fingerprint density at radius 2 is 1.74 bits per heavy atom. The summed E-state index contributed by atoms with van der Waals surface area (Å²) in [5.74, 6) is 1.30. The van der Waals surface area contributed by atoms with Crippen LogP contribution in [0, 0.1) is 5.92 Å². The highest BCUT2D eigenvalue weighted by Gasteiger charge is 2.18. The Labute approximate surface area is 185 Å². The van der Waals surface area contributed by atoms with Gasteiger partial charge >= 0.3 is 0 Å². The predicted molar refractivity (Wildman–Crippen MR) is 125 cm³/mol. The van der Waals surface area contributed by atoms with Gasteiger partial charge in [-0.05, 0) is 68.0 Å². The SMILES string of the molecule is CC(C)CCOc1cccc(NCC(=O)Nc2ccc(C(=O)N3CCCCC3)cc2)c1. The molecule has 0 bridgehead atoms. The molecule has 3 rings (SSSR count). The first-order valence-electron chi connectivity index (χ1n) is 11.2. The van der Waals surface area contributed by atoms with Crippen LogP contribution in [0.3, 0.4) is 0 Å². The average Bonchev–Trinajstić information content (AvgIpc) is 2.78. The minimum Gasteiger partial charge on any atom is -0.494 e. The zero-order valence-corrected chi connectivity index (χ0v) is 18.5. The summed E-state index contributed by atoms with van der Waals surface area (Å²) in [6.45, 7) is 6.81. The molecule has 0 unspecified atom stereocenters. The van der Waals surface area contributed by atoms with Crippen molar-refractivity contribution in [3.05, 3.63) is 54.1 Å². The molecule has 166 valence electrons. The molecular weight excluding hydrogens is 390 g/mol. The second-order valence-electron chi connectivity index (χ2n) is 8.39. The van der Waals surface area contributed by atoms with Crippen molar-refractivity contribution < 1.29 is 14.3 Å². The van der Waals surface area contributed by atoms with Crippen LogP contribution in [-0.4, -0.2) is 43.0 Å². The number of piperidine rings is 1. The Kier molecular flexibility index (Phi) is 8.33. The van der Waals surface area contributed by atoms with Gasteiger partial charge in [0, 0.05) is 36.1 Å². The molecule has 2 amide bonds. The van der Waals surface area contributed by atoms with Crippen molar-refractivity contribution >= 4 is 23.2 Å². The summed E-state index contributed by atoms with van der Waals surface area (Å²) in [5, 5.41) is 5.99. The third kappa shape index (κ3) is 7.31. The molecule has 0 spiro atoms. The lowest BCUT2D eigenvalue weighted by molar-refractivity contribution is -0.114. The van der Waals surface area contributed by atoms with Crippen LogP contribution < -0.4 is 15.4 Å². The maximum Gasteiger partial charge on any atom is 0.253 e. The lowest BCUT2D eigenvalue weighted by Gasteiger charge is -2.26. The van der Waals surface area contributed by atoms with Gasteiger partial charge in [-0.1, -0.05) is 19.9 Å². The number of benzene rings is 2. The van der Waals surface area contributed by atoms with E-state index in [2.05, 4.69) is 24.5 Å². The van der Waals surface area contributed by atoms with Crippen molar-refractivity contribution in [1.29, 1.82) is 0 Å². The third-order valence-corrected chi connectivity index (χ3v) is 5.31. The fourth-order valence-corrected chi connectivity index (χ4v) is 3.47. The number of carbonyl (C=O) groups excluding carboxylic acids is 2. The molecule has 31 heavy (non-hydrogen) atoms. The van der Waals surface area contributed by atoms with Crippen LogP contribution >= 0.6 is 0 Å². The van der Waals surface area contributed by atoms with Gasteiger partial charge in [0.05, 0.1) is 13.2 Å². The minimum atomic E-state index is -0.152. The zero-order chi connectivity index (χ0) is 22.1. The number of hydrogen-bond acceptors (Lipinski definition) is 4. The van der Waals surface area contributed by atoms with E-state index in [4.69, 9.17) is 4.74 Å². The molecule has 0 aromatic heterocycles. The summed E-state index contributed by atoms with van der Waals surface area (Å²) in [7, 11) is 0. The summed E-state index contributed by atoms with van der Waals surface area (Å²) < 4.78 is 5.76. The second kappa shape index (κ2) is 11.4. The lowest BCUT2D eigenvalue weighted by Crippen LogP contribution is -2.35. The number of likely N-dealkylation sites (tertiary alicyclic amines) is 1. The van der Waals surface area contributed by atoms with Gasteiger partial charge in [-0.2, -0.15) is 0 Å². The number of rotatable bonds is 9. The molecule has 1 aliphatic heterocycles. The van der Waals surface area contributed by atoms with Crippen LogP contribution in [-0.2, 0) is 4.79 Å². The highest BCUT2D eigenvalue weighted by Crippen LogP contribution is 2.18. The summed E-state index contributed by atoms with van der Waals surface area (Å²) in [4.78, 5) is 26.7. The number of hydrogen-bond donors (Lipinski definition) is 2. The highest BCUT2D eigenvalue weighted by atomic mass is 16.5. The van der Waals surface area contributed by atoms with Crippen LogP contribution in [0.5, 0.6) is 5.75 Å². The normalized spacial score (nSPS) is 13.7. The fourth-order valence-electron chi connectivity index (χ4n) is 3.47. The van der Waals surface area contributed by atoms with E-state index >= 15 is 0 Å². The van der Waals surface area contributed by atoms with Crippen LogP contribution in [0.15, 0.2) is 48.5 Å². The van der Waals surface area contributed by atoms with E-state index in [0.717, 1.165) is 43.8 Å². The molecule has 2 aromatic carbocycles. The smallest absolute Gasteiger partial charge is 0.253 e. The maximum atomic E-state index is 12.5. The van der Waals surface area contributed by atoms with Crippen LogP contribution in [0.2, 0.25) is 0 Å². The van der Waals surface area contributed by atoms with Gasteiger partial charge in [0.1, 0.15) is 5.75 Å². The summed E-state index contributed by atoms with van der Waals surface area (Å²) in [6.07, 6.45) is 4.33. The Hall–Kier alpha value is -3.02. The maximum absolute atomic E-state index is 12.5. The van der Waals surface area contributed by atoms with E-state index in [0.29, 0.717) is 23.8 Å². The van der Waals surface area contributed by atoms with Crippen molar-refractivity contribution in [3.63, 3.8) is 0 Å². The molecule has 2 N–H and O–H groups in total. The van der Waals surface area contributed by atoms with Gasteiger partial charge in [0.25, 0.3) is 5.91 Å². The molecule has 1 heterocycles. The number of anilines is 2. The minimum absolute atomic E-state index is 0.0646. The number of ether oxygens (including phenoxy) is 1. The van der Waals surface area contributed by atoms with E-state index in [-0.39, 0.29) is 18.4 Å². The molecule has 2 aromatic rings. The first-order valence-corrected chi connectivity index (χ1v) is 11.2. The van der Waals surface area contributed by atoms with Gasteiger partial charge in [-0.3, -0.25) is 9.59 Å². The first-order chi connectivity index (χ1) is 15.0. The first kappa shape index (κ1) is 22.7. The second-order valence-corrected chi connectivity index (χ2v) is 8.39. The molecule has 0 saturated carbocycles. The topological polar surface area (TPSA) is 70.7 Å². The molecule has 0 radical (unpaired) electrons. The van der Waals surface area contributed by atoms with Gasteiger partial charge in [-0.25, -0.2) is 0 Å². The molecular formula is C25H33N3O3. The molecule has 0 aliphatic carbocycles. The van der Waals surface area contributed by atoms with Crippen molar-refractivity contribution in [2.24, 2.45) is 5.92 Å². The predicted octanol–water partition coefficient (Wildman–Crippen LogP) is 4.79. The Morgan fingerprint density at radius 1 is 1.00 bits per heavy atom. The molecule has 0 atom stereocenters. The van der Waals surface area contributed by atoms with Gasteiger partial charge in [0.15, 0.2) is 0 Å². The molecule has 1 fully saturated rings. The summed E-state index contributed by atoms with van der Waals surface area (Å²) >= 11 is 0. The molecule has 1 aliphatic rings. The quantitative estimate of drug-likeness (QED) is 0.608. The molecule has 6 nitrogen and oxygen atoms in total. The van der Waals surface area contributed by atoms with Crippen molar-refractivity contribution in [1.82, 2.24) is 4.90 Å². The largest absolute Gasteiger partial charge is 0.494 e. The Morgan fingerprint density at radius 3 is 2.45 bits per heavy atom. The van der Waals surface area contributed by atoms with Crippen molar-refractivity contribution in [3.8, 4) is 5.75 Å². The fraction of sp³-hybridized carbons (Fsp3) is 0.440. The van der Waals surface area contributed by atoms with Crippen LogP contribution in [0.1, 0.15) is 49.9 Å². The van der Waals surface area contributed by atoms with Crippen LogP contribution in [0.25, 0.3) is 0 Å². The van der Waals surface area contributed by atoms with E-state index < -0.39 is 0 Å². The molecule has 1 saturated heterocycles. The number of nitrogens with zero attached hydrogens (tertiary/aromatic N) is 1. The monoisotopic (exact) mass is 423 g/mol. The third-order valence-electron chi connectivity index (χ3n) is 5.31. The lowest BCUT2D eigenvalue weighted by atomic mass is 10.1. The average molecular weight is 424 g/mol. The summed E-state index contributed by atoms with van der Waals surface area (Å²) in [5.41, 5.74) is 2.17. The Bertz CT molecular complexity index is 859. The van der Waals surface area contributed by atoms with Crippen LogP contribution in [0.4, 0.5) is 11.4 Å². The van der Waals surface area contributed by atoms with Crippen molar-refractivity contribution in [2.45, 2.75) is 39.5 Å². The zero-order valence-electron chi connectivity index (χ0n) is 18.5. The van der Waals surface area contributed by atoms with Crippen molar-refractivity contribution in [2.75, 3.05) is 36.9 Å².